The second-order valence-electron chi connectivity index (χ2n) is 3.68. The first-order valence-corrected chi connectivity index (χ1v) is 5.35. The highest BCUT2D eigenvalue weighted by Crippen LogP contribution is 2.23. The molecule has 1 aliphatic rings. The maximum atomic E-state index is 13.6. The smallest absolute Gasteiger partial charge is 0.127 e. The maximum Gasteiger partial charge on any atom is 0.127 e. The van der Waals surface area contributed by atoms with Crippen LogP contribution in [0.25, 0.3) is 0 Å². The lowest BCUT2D eigenvalue weighted by Crippen LogP contribution is -2.25. The zero-order valence-electron chi connectivity index (χ0n) is 8.83. The van der Waals surface area contributed by atoms with Crippen molar-refractivity contribution in [2.24, 2.45) is 4.99 Å². The summed E-state index contributed by atoms with van der Waals surface area (Å²) in [5.41, 5.74) is 0.744. The SMILES string of the molecule is CCC(C1=NCCN1)c1ccccc1F. The number of hydrogen-bond donors (Lipinski definition) is 1. The normalized spacial score (nSPS) is 17.1. The number of benzene rings is 1. The van der Waals surface area contributed by atoms with Gasteiger partial charge in [0.05, 0.1) is 6.54 Å². The first-order chi connectivity index (χ1) is 7.33. The van der Waals surface area contributed by atoms with Crippen LogP contribution in [0.15, 0.2) is 29.3 Å². The molecule has 1 N–H and O–H groups in total. The van der Waals surface area contributed by atoms with Crippen LogP contribution in [0.4, 0.5) is 4.39 Å². The van der Waals surface area contributed by atoms with Gasteiger partial charge in [0, 0.05) is 12.5 Å². The lowest BCUT2D eigenvalue weighted by molar-refractivity contribution is 0.599. The van der Waals surface area contributed by atoms with Crippen LogP contribution < -0.4 is 5.32 Å². The minimum absolute atomic E-state index is 0.0775. The number of nitrogens with zero attached hydrogens (tertiary/aromatic N) is 1. The van der Waals surface area contributed by atoms with Crippen molar-refractivity contribution in [1.82, 2.24) is 5.32 Å². The predicted molar refractivity (Wildman–Crippen MR) is 59.7 cm³/mol. The van der Waals surface area contributed by atoms with E-state index in [2.05, 4.69) is 17.2 Å². The average molecular weight is 206 g/mol. The van der Waals surface area contributed by atoms with Gasteiger partial charge in [0.25, 0.3) is 0 Å². The van der Waals surface area contributed by atoms with Gasteiger partial charge in [-0.05, 0) is 18.1 Å². The third kappa shape index (κ3) is 2.01. The molecule has 1 unspecified atom stereocenters. The zero-order valence-corrected chi connectivity index (χ0v) is 8.83. The fourth-order valence-corrected chi connectivity index (χ4v) is 1.97. The molecule has 1 aromatic rings. The number of hydrogen-bond acceptors (Lipinski definition) is 2. The second kappa shape index (κ2) is 4.43. The average Bonchev–Trinajstić information content (AvgIpc) is 2.75. The van der Waals surface area contributed by atoms with E-state index >= 15 is 0 Å². The van der Waals surface area contributed by atoms with Crippen molar-refractivity contribution >= 4 is 5.84 Å². The van der Waals surface area contributed by atoms with Crippen LogP contribution in [0, 0.1) is 5.82 Å². The summed E-state index contributed by atoms with van der Waals surface area (Å²) in [7, 11) is 0. The predicted octanol–water partition coefficient (Wildman–Crippen LogP) is 2.32. The number of amidine groups is 1. The van der Waals surface area contributed by atoms with Gasteiger partial charge in [-0.1, -0.05) is 25.1 Å². The molecule has 2 nitrogen and oxygen atoms in total. The molecular formula is C12H15FN2. The van der Waals surface area contributed by atoms with E-state index in [1.165, 1.54) is 6.07 Å². The van der Waals surface area contributed by atoms with Gasteiger partial charge in [-0.2, -0.15) is 0 Å². The van der Waals surface area contributed by atoms with E-state index in [1.54, 1.807) is 6.07 Å². The van der Waals surface area contributed by atoms with E-state index in [9.17, 15) is 4.39 Å². The molecule has 0 saturated heterocycles. The number of rotatable bonds is 3. The molecule has 0 saturated carbocycles. The lowest BCUT2D eigenvalue weighted by atomic mass is 9.95. The van der Waals surface area contributed by atoms with Gasteiger partial charge in [0.2, 0.25) is 0 Å². The Labute approximate surface area is 89.2 Å². The molecule has 2 rings (SSSR count). The van der Waals surface area contributed by atoms with Gasteiger partial charge < -0.3 is 5.32 Å². The van der Waals surface area contributed by atoms with Gasteiger partial charge in [0.15, 0.2) is 0 Å². The van der Waals surface area contributed by atoms with E-state index in [0.717, 1.165) is 30.9 Å². The summed E-state index contributed by atoms with van der Waals surface area (Å²) in [4.78, 5) is 4.36. The quantitative estimate of drug-likeness (QED) is 0.806. The zero-order chi connectivity index (χ0) is 10.7. The van der Waals surface area contributed by atoms with Gasteiger partial charge in [-0.25, -0.2) is 4.39 Å². The summed E-state index contributed by atoms with van der Waals surface area (Å²) in [6.45, 7) is 3.74. The molecule has 15 heavy (non-hydrogen) atoms. The standard InChI is InChI=1S/C12H15FN2/c1-2-9(12-14-7-8-15-12)10-5-3-4-6-11(10)13/h3-6,9H,2,7-8H2,1H3,(H,14,15). The third-order valence-electron chi connectivity index (χ3n) is 2.72. The Morgan fingerprint density at radius 1 is 1.47 bits per heavy atom. The highest BCUT2D eigenvalue weighted by molar-refractivity contribution is 5.90. The number of halogens is 1. The number of aliphatic imine (C=N–C) groups is 1. The second-order valence-corrected chi connectivity index (χ2v) is 3.68. The monoisotopic (exact) mass is 206 g/mol. The third-order valence-corrected chi connectivity index (χ3v) is 2.72. The molecule has 1 heterocycles. The van der Waals surface area contributed by atoms with Gasteiger partial charge in [-0.15, -0.1) is 0 Å². The van der Waals surface area contributed by atoms with Crippen molar-refractivity contribution in [3.05, 3.63) is 35.6 Å². The summed E-state index contributed by atoms with van der Waals surface area (Å²) in [6.07, 6.45) is 0.868. The molecule has 1 atom stereocenters. The Hall–Kier alpha value is -1.38. The molecule has 0 spiro atoms. The van der Waals surface area contributed by atoms with Crippen LogP contribution in [-0.4, -0.2) is 18.9 Å². The molecule has 0 aromatic heterocycles. The first-order valence-electron chi connectivity index (χ1n) is 5.35. The largest absolute Gasteiger partial charge is 0.371 e. The summed E-state index contributed by atoms with van der Waals surface area (Å²) in [5, 5.41) is 3.22. The Kier molecular flexibility index (Phi) is 2.99. The number of nitrogens with one attached hydrogen (secondary N) is 1. The lowest BCUT2D eigenvalue weighted by Gasteiger charge is -2.16. The molecule has 0 bridgehead atoms. The molecular weight excluding hydrogens is 191 g/mol. The highest BCUT2D eigenvalue weighted by atomic mass is 19.1. The Morgan fingerprint density at radius 2 is 2.27 bits per heavy atom. The summed E-state index contributed by atoms with van der Waals surface area (Å²) in [5.74, 6) is 0.872. The highest BCUT2D eigenvalue weighted by Gasteiger charge is 2.21. The molecule has 1 aliphatic heterocycles. The minimum Gasteiger partial charge on any atom is -0.371 e. The van der Waals surface area contributed by atoms with E-state index in [1.807, 2.05) is 12.1 Å². The van der Waals surface area contributed by atoms with Crippen molar-refractivity contribution in [1.29, 1.82) is 0 Å². The fraction of sp³-hybridized carbons (Fsp3) is 0.417. The van der Waals surface area contributed by atoms with E-state index in [0.29, 0.717) is 0 Å². The van der Waals surface area contributed by atoms with Crippen LogP contribution >= 0.6 is 0 Å². The van der Waals surface area contributed by atoms with Crippen LogP contribution in [0.5, 0.6) is 0 Å². The van der Waals surface area contributed by atoms with Gasteiger partial charge in [0.1, 0.15) is 11.7 Å². The first kappa shape index (κ1) is 10.1. The van der Waals surface area contributed by atoms with Crippen molar-refractivity contribution in [3.63, 3.8) is 0 Å². The molecule has 1 aromatic carbocycles. The van der Waals surface area contributed by atoms with Crippen molar-refractivity contribution in [2.45, 2.75) is 19.3 Å². The van der Waals surface area contributed by atoms with Crippen molar-refractivity contribution in [2.75, 3.05) is 13.1 Å². The minimum atomic E-state index is -0.138. The fourth-order valence-electron chi connectivity index (χ4n) is 1.97. The van der Waals surface area contributed by atoms with Crippen molar-refractivity contribution in [3.8, 4) is 0 Å². The van der Waals surface area contributed by atoms with Gasteiger partial charge >= 0.3 is 0 Å². The maximum absolute atomic E-state index is 13.6. The summed E-state index contributed by atoms with van der Waals surface area (Å²) in [6, 6.07) is 6.94. The molecule has 0 amide bonds. The van der Waals surface area contributed by atoms with Gasteiger partial charge in [-0.3, -0.25) is 4.99 Å². The van der Waals surface area contributed by atoms with Crippen LogP contribution in [0.3, 0.4) is 0 Å². The topological polar surface area (TPSA) is 24.4 Å². The van der Waals surface area contributed by atoms with Crippen molar-refractivity contribution < 1.29 is 4.39 Å². The van der Waals surface area contributed by atoms with Crippen LogP contribution in [0.2, 0.25) is 0 Å². The Balaban J connectivity index is 2.30. The van der Waals surface area contributed by atoms with Crippen LogP contribution in [-0.2, 0) is 0 Å². The van der Waals surface area contributed by atoms with E-state index in [-0.39, 0.29) is 11.7 Å². The van der Waals surface area contributed by atoms with Crippen LogP contribution in [0.1, 0.15) is 24.8 Å². The Bertz CT molecular complexity index is 374. The van der Waals surface area contributed by atoms with E-state index in [4.69, 9.17) is 0 Å². The summed E-state index contributed by atoms with van der Waals surface area (Å²) < 4.78 is 13.6. The summed E-state index contributed by atoms with van der Waals surface area (Å²) >= 11 is 0. The Morgan fingerprint density at radius 3 is 2.87 bits per heavy atom. The molecule has 0 aliphatic carbocycles. The molecule has 0 fully saturated rings. The van der Waals surface area contributed by atoms with E-state index < -0.39 is 0 Å². The molecule has 80 valence electrons. The molecule has 3 heteroatoms. The molecule has 0 radical (unpaired) electrons.